The lowest BCUT2D eigenvalue weighted by Gasteiger charge is -2.30. The van der Waals surface area contributed by atoms with Crippen LogP contribution in [0.3, 0.4) is 0 Å². The number of amides is 1. The molecule has 0 aromatic rings. The number of hydrogen-bond donors (Lipinski definition) is 4. The maximum absolute atomic E-state index is 13.7. The summed E-state index contributed by atoms with van der Waals surface area (Å²) in [5.74, 6) is 0.0625. The van der Waals surface area contributed by atoms with Crippen LogP contribution in [0.2, 0.25) is 0 Å². The van der Waals surface area contributed by atoms with Gasteiger partial charge in [0.15, 0.2) is 5.96 Å². The zero-order valence-corrected chi connectivity index (χ0v) is 17.2. The van der Waals surface area contributed by atoms with Crippen molar-refractivity contribution >= 4 is 11.9 Å². The second-order valence-electron chi connectivity index (χ2n) is 9.72. The first-order valence-corrected chi connectivity index (χ1v) is 10.6. The summed E-state index contributed by atoms with van der Waals surface area (Å²) in [5.41, 5.74) is 6.61. The highest BCUT2D eigenvalue weighted by molar-refractivity contribution is 5.98. The molecule has 6 atom stereocenters. The molecule has 1 aliphatic heterocycles. The van der Waals surface area contributed by atoms with Gasteiger partial charge in [-0.1, -0.05) is 33.6 Å². The molecule has 4 N–H and O–H groups in total. The van der Waals surface area contributed by atoms with Crippen molar-refractivity contribution in [2.24, 2.45) is 22.2 Å². The summed E-state index contributed by atoms with van der Waals surface area (Å²) in [6.07, 6.45) is 2.07. The van der Waals surface area contributed by atoms with E-state index in [0.717, 1.165) is 12.8 Å². The second kappa shape index (κ2) is 9.03. The molecule has 0 aromatic carbocycles. The topological polar surface area (TPSA) is 77.5 Å². The Morgan fingerprint density at radius 2 is 1.82 bits per heavy atom. The molecule has 1 saturated heterocycles. The number of rotatable bonds is 3. The highest BCUT2D eigenvalue weighted by Gasteiger charge is 2.38. The molecule has 0 radical (unpaired) electrons. The molecule has 6 nitrogen and oxygen atoms in total. The first-order chi connectivity index (χ1) is 13.2. The molecule has 3 rings (SSSR count). The lowest BCUT2D eigenvalue weighted by molar-refractivity contribution is -0.125. The van der Waals surface area contributed by atoms with Crippen LogP contribution in [0.1, 0.15) is 65.7 Å². The predicted octanol–water partition coefficient (Wildman–Crippen LogP) is 2.56. The number of halogens is 2. The minimum absolute atomic E-state index is 0.0141. The minimum atomic E-state index is -1.56. The number of hydrogen-bond acceptors (Lipinski definition) is 4. The highest BCUT2D eigenvalue weighted by Crippen LogP contribution is 2.30. The number of carbonyl (C=O) groups is 1. The molecular formula is C20H35F2N5O. The number of nitrogens with zero attached hydrogens (tertiary/aromatic N) is 1. The fourth-order valence-electron chi connectivity index (χ4n) is 4.30. The SMILES string of the molecule is CC(C)(C)CN=C(NC(=O)C1CCC(F)C(F)C1)NC1NNC2CCCCC21. The summed E-state index contributed by atoms with van der Waals surface area (Å²) in [6, 6.07) is 0.429. The van der Waals surface area contributed by atoms with Crippen molar-refractivity contribution in [1.82, 2.24) is 21.5 Å². The lowest BCUT2D eigenvalue weighted by atomic mass is 9.84. The Morgan fingerprint density at radius 3 is 2.54 bits per heavy atom. The van der Waals surface area contributed by atoms with Crippen LogP contribution in [-0.2, 0) is 4.79 Å². The second-order valence-corrected chi connectivity index (χ2v) is 9.72. The Balaban J connectivity index is 1.64. The molecule has 6 unspecified atom stereocenters. The van der Waals surface area contributed by atoms with Crippen molar-refractivity contribution in [3.8, 4) is 0 Å². The Labute approximate surface area is 166 Å². The van der Waals surface area contributed by atoms with Gasteiger partial charge in [0.2, 0.25) is 5.91 Å². The van der Waals surface area contributed by atoms with Crippen LogP contribution in [-0.4, -0.2) is 43.0 Å². The largest absolute Gasteiger partial charge is 0.339 e. The average molecular weight is 400 g/mol. The summed E-state index contributed by atoms with van der Waals surface area (Å²) in [6.45, 7) is 6.79. The van der Waals surface area contributed by atoms with E-state index in [1.807, 2.05) is 0 Å². The Hall–Kier alpha value is -1.28. The predicted molar refractivity (Wildman–Crippen MR) is 106 cm³/mol. The van der Waals surface area contributed by atoms with Crippen LogP contribution in [0.15, 0.2) is 4.99 Å². The standard InChI is InChI=1S/C20H35F2N5O/c1-20(2,3)11-23-19(24-17-13-6-4-5-7-16(13)26-27-17)25-18(28)12-8-9-14(21)15(22)10-12/h12-17,26-27H,4-11H2,1-3H3,(H2,23,24,25,28). The molecule has 160 valence electrons. The van der Waals surface area contributed by atoms with Crippen molar-refractivity contribution in [3.63, 3.8) is 0 Å². The van der Waals surface area contributed by atoms with Crippen LogP contribution < -0.4 is 21.5 Å². The van der Waals surface area contributed by atoms with Gasteiger partial charge in [0, 0.05) is 24.4 Å². The molecule has 2 aliphatic carbocycles. The van der Waals surface area contributed by atoms with E-state index in [9.17, 15) is 13.6 Å². The summed E-state index contributed by atoms with van der Waals surface area (Å²) in [5, 5.41) is 6.21. The third-order valence-corrected chi connectivity index (χ3v) is 5.98. The van der Waals surface area contributed by atoms with Gasteiger partial charge in [0.25, 0.3) is 0 Å². The number of carbonyl (C=O) groups excluding carboxylic acids is 1. The number of aliphatic imine (C=N–C) groups is 1. The Morgan fingerprint density at radius 1 is 1.07 bits per heavy atom. The van der Waals surface area contributed by atoms with Gasteiger partial charge >= 0.3 is 0 Å². The first kappa shape index (κ1) is 21.4. The molecule has 0 spiro atoms. The molecule has 2 saturated carbocycles. The maximum Gasteiger partial charge on any atom is 0.229 e. The lowest BCUT2D eigenvalue weighted by Crippen LogP contribution is -2.54. The van der Waals surface area contributed by atoms with Gasteiger partial charge in [-0.3, -0.25) is 20.5 Å². The highest BCUT2D eigenvalue weighted by atomic mass is 19.2. The molecule has 1 amide bonds. The number of hydrazine groups is 1. The zero-order chi connectivity index (χ0) is 20.3. The number of alkyl halides is 2. The quantitative estimate of drug-likeness (QED) is 0.435. The van der Waals surface area contributed by atoms with E-state index in [1.165, 1.54) is 12.8 Å². The van der Waals surface area contributed by atoms with E-state index in [-0.39, 0.29) is 30.3 Å². The fourth-order valence-corrected chi connectivity index (χ4v) is 4.30. The molecule has 0 bridgehead atoms. The third kappa shape index (κ3) is 5.63. The fraction of sp³-hybridized carbons (Fsp3) is 0.900. The van der Waals surface area contributed by atoms with Crippen molar-refractivity contribution in [2.75, 3.05) is 6.54 Å². The van der Waals surface area contributed by atoms with Crippen molar-refractivity contribution in [2.45, 2.75) is 90.3 Å². The maximum atomic E-state index is 13.7. The van der Waals surface area contributed by atoms with Gasteiger partial charge in [-0.2, -0.15) is 0 Å². The normalized spacial score (nSPS) is 36.7. The molecule has 8 heteroatoms. The van der Waals surface area contributed by atoms with Crippen LogP contribution in [0.25, 0.3) is 0 Å². The minimum Gasteiger partial charge on any atom is -0.339 e. The first-order valence-electron chi connectivity index (χ1n) is 10.6. The van der Waals surface area contributed by atoms with Crippen molar-refractivity contribution in [1.29, 1.82) is 0 Å². The van der Waals surface area contributed by atoms with Gasteiger partial charge in [-0.15, -0.1) is 0 Å². The van der Waals surface area contributed by atoms with E-state index in [2.05, 4.69) is 47.2 Å². The van der Waals surface area contributed by atoms with Crippen molar-refractivity contribution in [3.05, 3.63) is 0 Å². The van der Waals surface area contributed by atoms with E-state index < -0.39 is 18.3 Å². The summed E-state index contributed by atoms with van der Waals surface area (Å²) < 4.78 is 27.1. The number of guanidine groups is 1. The van der Waals surface area contributed by atoms with Gasteiger partial charge in [0.1, 0.15) is 12.3 Å². The average Bonchev–Trinajstić information content (AvgIpc) is 3.04. The molecule has 3 aliphatic rings. The summed E-state index contributed by atoms with van der Waals surface area (Å²) >= 11 is 0. The number of fused-ring (bicyclic) bond motifs is 1. The summed E-state index contributed by atoms with van der Waals surface area (Å²) in [4.78, 5) is 17.3. The van der Waals surface area contributed by atoms with Crippen LogP contribution >= 0.6 is 0 Å². The van der Waals surface area contributed by atoms with Gasteiger partial charge < -0.3 is 5.32 Å². The number of nitrogens with one attached hydrogen (secondary N) is 4. The van der Waals surface area contributed by atoms with E-state index in [4.69, 9.17) is 0 Å². The third-order valence-electron chi connectivity index (χ3n) is 5.98. The van der Waals surface area contributed by atoms with E-state index in [0.29, 0.717) is 30.9 Å². The Kier molecular flexibility index (Phi) is 6.91. The monoisotopic (exact) mass is 399 g/mol. The van der Waals surface area contributed by atoms with Gasteiger partial charge in [-0.25, -0.2) is 14.2 Å². The van der Waals surface area contributed by atoms with Crippen LogP contribution in [0.5, 0.6) is 0 Å². The van der Waals surface area contributed by atoms with Gasteiger partial charge in [0.05, 0.1) is 6.17 Å². The molecule has 1 heterocycles. The van der Waals surface area contributed by atoms with Gasteiger partial charge in [-0.05, 0) is 37.5 Å². The zero-order valence-electron chi connectivity index (χ0n) is 17.2. The molecule has 3 fully saturated rings. The molecule has 28 heavy (non-hydrogen) atoms. The van der Waals surface area contributed by atoms with Crippen LogP contribution in [0.4, 0.5) is 8.78 Å². The molecule has 0 aromatic heterocycles. The Bertz CT molecular complexity index is 579. The van der Waals surface area contributed by atoms with Crippen LogP contribution in [0, 0.1) is 17.3 Å². The van der Waals surface area contributed by atoms with E-state index >= 15 is 0 Å². The van der Waals surface area contributed by atoms with Crippen molar-refractivity contribution < 1.29 is 13.6 Å². The molecular weight excluding hydrogens is 364 g/mol. The van der Waals surface area contributed by atoms with E-state index in [1.54, 1.807) is 0 Å². The smallest absolute Gasteiger partial charge is 0.229 e. The summed E-state index contributed by atoms with van der Waals surface area (Å²) in [7, 11) is 0.